The molecule has 1 heterocycles. The van der Waals surface area contributed by atoms with Crippen molar-refractivity contribution in [1.82, 2.24) is 9.97 Å². The Morgan fingerprint density at radius 3 is 2.76 bits per heavy atom. The monoisotopic (exact) mass is 253 g/mol. The van der Waals surface area contributed by atoms with Gasteiger partial charge in [-0.05, 0) is 18.6 Å². The molecule has 0 unspecified atom stereocenters. The highest BCUT2D eigenvalue weighted by molar-refractivity contribution is 7.92. The summed E-state index contributed by atoms with van der Waals surface area (Å²) in [4.78, 5) is 6.13. The Morgan fingerprint density at radius 1 is 1.41 bits per heavy atom. The number of anilines is 1. The number of sulfonamides is 1. The van der Waals surface area contributed by atoms with E-state index < -0.39 is 10.0 Å². The molecule has 0 aliphatic rings. The highest BCUT2D eigenvalue weighted by atomic mass is 32.2. The molecule has 0 aliphatic carbocycles. The van der Waals surface area contributed by atoms with Crippen LogP contribution in [0.5, 0.6) is 5.75 Å². The van der Waals surface area contributed by atoms with Gasteiger partial charge in [0, 0.05) is 0 Å². The zero-order chi connectivity index (χ0) is 12.5. The molecular weight excluding hydrogens is 242 g/mol. The number of aromatic amines is 1. The van der Waals surface area contributed by atoms with E-state index in [4.69, 9.17) is 0 Å². The third-order valence-corrected chi connectivity index (χ3v) is 3.53. The SMILES string of the molecule is Cc1cccc(O)c1NS(=O)(=O)c1cnc[nH]1. The molecule has 17 heavy (non-hydrogen) atoms. The van der Waals surface area contributed by atoms with Crippen LogP contribution in [-0.2, 0) is 10.0 Å². The second-order valence-electron chi connectivity index (χ2n) is 3.49. The molecular formula is C10H11N3O3S. The Morgan fingerprint density at radius 2 is 2.18 bits per heavy atom. The van der Waals surface area contributed by atoms with Gasteiger partial charge in [-0.3, -0.25) is 4.72 Å². The highest BCUT2D eigenvalue weighted by Gasteiger charge is 2.18. The molecule has 0 aliphatic heterocycles. The molecule has 0 saturated heterocycles. The Balaban J connectivity index is 2.40. The first-order valence-corrected chi connectivity index (χ1v) is 6.29. The summed E-state index contributed by atoms with van der Waals surface area (Å²) in [6.07, 6.45) is 2.46. The van der Waals surface area contributed by atoms with Crippen LogP contribution in [0.25, 0.3) is 0 Å². The van der Waals surface area contributed by atoms with Crippen molar-refractivity contribution < 1.29 is 13.5 Å². The molecule has 3 N–H and O–H groups in total. The van der Waals surface area contributed by atoms with Crippen LogP contribution in [-0.4, -0.2) is 23.5 Å². The Bertz CT molecular complexity index is 600. The predicted molar refractivity (Wildman–Crippen MR) is 62.2 cm³/mol. The minimum atomic E-state index is -3.74. The van der Waals surface area contributed by atoms with Gasteiger partial charge in [-0.25, -0.2) is 4.98 Å². The van der Waals surface area contributed by atoms with Gasteiger partial charge in [0.25, 0.3) is 10.0 Å². The number of nitrogens with zero attached hydrogens (tertiary/aromatic N) is 1. The summed E-state index contributed by atoms with van der Waals surface area (Å²) >= 11 is 0. The lowest BCUT2D eigenvalue weighted by Crippen LogP contribution is -2.14. The molecule has 2 aromatic rings. The van der Waals surface area contributed by atoms with Crippen molar-refractivity contribution >= 4 is 15.7 Å². The van der Waals surface area contributed by atoms with E-state index in [9.17, 15) is 13.5 Å². The van der Waals surface area contributed by atoms with Crippen LogP contribution in [0.15, 0.2) is 35.7 Å². The number of aromatic hydroxyl groups is 1. The largest absolute Gasteiger partial charge is 0.506 e. The van der Waals surface area contributed by atoms with E-state index in [0.717, 1.165) is 0 Å². The number of benzene rings is 1. The molecule has 1 aromatic carbocycles. The van der Waals surface area contributed by atoms with Gasteiger partial charge in [0.15, 0.2) is 5.03 Å². The van der Waals surface area contributed by atoms with Crippen molar-refractivity contribution in [3.05, 3.63) is 36.3 Å². The Hall–Kier alpha value is -2.02. The lowest BCUT2D eigenvalue weighted by atomic mass is 10.2. The maximum Gasteiger partial charge on any atom is 0.279 e. The summed E-state index contributed by atoms with van der Waals surface area (Å²) in [5.74, 6) is -0.118. The number of phenolic OH excluding ortho intramolecular Hbond substituents is 1. The molecule has 0 amide bonds. The van der Waals surface area contributed by atoms with E-state index in [1.54, 1.807) is 19.1 Å². The standard InChI is InChI=1S/C10H11N3O3S/c1-7-3-2-4-8(14)10(7)13-17(15,16)9-5-11-6-12-9/h2-6,13-14H,1H3,(H,11,12). The van der Waals surface area contributed by atoms with E-state index in [0.29, 0.717) is 5.56 Å². The van der Waals surface area contributed by atoms with E-state index in [-0.39, 0.29) is 16.5 Å². The lowest BCUT2D eigenvalue weighted by molar-refractivity contribution is 0.477. The second kappa shape index (κ2) is 4.10. The van der Waals surface area contributed by atoms with E-state index in [2.05, 4.69) is 14.7 Å². The van der Waals surface area contributed by atoms with Crippen LogP contribution in [0.1, 0.15) is 5.56 Å². The minimum absolute atomic E-state index is 0.0554. The van der Waals surface area contributed by atoms with Crippen LogP contribution in [0.2, 0.25) is 0 Å². The molecule has 0 saturated carbocycles. The molecule has 6 nitrogen and oxygen atoms in total. The van der Waals surface area contributed by atoms with Gasteiger partial charge in [-0.2, -0.15) is 8.42 Å². The van der Waals surface area contributed by atoms with Gasteiger partial charge in [-0.15, -0.1) is 0 Å². The predicted octanol–water partition coefficient (Wildman–Crippen LogP) is 1.22. The maximum absolute atomic E-state index is 11.9. The van der Waals surface area contributed by atoms with Crippen LogP contribution in [0.4, 0.5) is 5.69 Å². The number of rotatable bonds is 3. The van der Waals surface area contributed by atoms with Gasteiger partial charge in [-0.1, -0.05) is 12.1 Å². The highest BCUT2D eigenvalue weighted by Crippen LogP contribution is 2.28. The normalized spacial score (nSPS) is 11.4. The Labute approximate surface area is 98.4 Å². The third-order valence-electron chi connectivity index (χ3n) is 2.25. The fraction of sp³-hybridized carbons (Fsp3) is 0.100. The van der Waals surface area contributed by atoms with Gasteiger partial charge in [0.1, 0.15) is 5.75 Å². The van der Waals surface area contributed by atoms with Gasteiger partial charge >= 0.3 is 0 Å². The quantitative estimate of drug-likeness (QED) is 0.717. The van der Waals surface area contributed by atoms with Crippen LogP contribution < -0.4 is 4.72 Å². The zero-order valence-electron chi connectivity index (χ0n) is 9.01. The number of aryl methyl sites for hydroxylation is 1. The number of nitrogens with one attached hydrogen (secondary N) is 2. The van der Waals surface area contributed by atoms with Crippen LogP contribution >= 0.6 is 0 Å². The molecule has 0 atom stereocenters. The van der Waals surface area contributed by atoms with Crippen LogP contribution in [0.3, 0.4) is 0 Å². The van der Waals surface area contributed by atoms with Crippen molar-refractivity contribution in [3.8, 4) is 5.75 Å². The first-order chi connectivity index (χ1) is 8.00. The smallest absolute Gasteiger partial charge is 0.279 e. The van der Waals surface area contributed by atoms with Crippen molar-refractivity contribution in [1.29, 1.82) is 0 Å². The Kier molecular flexibility index (Phi) is 2.76. The van der Waals surface area contributed by atoms with Crippen LogP contribution in [0, 0.1) is 6.92 Å². The summed E-state index contributed by atoms with van der Waals surface area (Å²) < 4.78 is 26.1. The topological polar surface area (TPSA) is 95.1 Å². The molecule has 0 bridgehead atoms. The van der Waals surface area contributed by atoms with E-state index in [1.807, 2.05) is 0 Å². The maximum atomic E-state index is 11.9. The minimum Gasteiger partial charge on any atom is -0.506 e. The number of hydrogen-bond acceptors (Lipinski definition) is 4. The number of aromatic nitrogens is 2. The third kappa shape index (κ3) is 2.23. The number of H-pyrrole nitrogens is 1. The van der Waals surface area contributed by atoms with E-state index >= 15 is 0 Å². The van der Waals surface area contributed by atoms with Crippen molar-refractivity contribution in [2.45, 2.75) is 11.9 Å². The van der Waals surface area contributed by atoms with Gasteiger partial charge in [0.05, 0.1) is 18.2 Å². The molecule has 0 fully saturated rings. The summed E-state index contributed by atoms with van der Waals surface area (Å²) in [6.45, 7) is 1.70. The molecule has 0 radical (unpaired) electrons. The number of para-hydroxylation sites is 1. The summed E-state index contributed by atoms with van der Waals surface area (Å²) in [7, 11) is -3.74. The number of imidazole rings is 1. The molecule has 90 valence electrons. The number of hydrogen-bond donors (Lipinski definition) is 3. The van der Waals surface area contributed by atoms with Crippen molar-refractivity contribution in [3.63, 3.8) is 0 Å². The van der Waals surface area contributed by atoms with Crippen molar-refractivity contribution in [2.24, 2.45) is 0 Å². The first kappa shape index (κ1) is 11.5. The zero-order valence-corrected chi connectivity index (χ0v) is 9.82. The summed E-state index contributed by atoms with van der Waals surface area (Å²) in [5, 5.41) is 9.54. The fourth-order valence-corrected chi connectivity index (χ4v) is 2.42. The average molecular weight is 253 g/mol. The molecule has 2 rings (SSSR count). The lowest BCUT2D eigenvalue weighted by Gasteiger charge is -2.10. The first-order valence-electron chi connectivity index (χ1n) is 4.80. The summed E-state index contributed by atoms with van der Waals surface area (Å²) in [6, 6.07) is 4.75. The van der Waals surface area contributed by atoms with E-state index in [1.165, 1.54) is 18.6 Å². The second-order valence-corrected chi connectivity index (χ2v) is 5.14. The summed E-state index contributed by atoms with van der Waals surface area (Å²) in [5.41, 5.74) is 0.801. The molecule has 0 spiro atoms. The van der Waals surface area contributed by atoms with Gasteiger partial charge < -0.3 is 10.1 Å². The molecule has 1 aromatic heterocycles. The molecule has 7 heteroatoms. The number of phenols is 1. The van der Waals surface area contributed by atoms with Gasteiger partial charge in [0.2, 0.25) is 0 Å². The van der Waals surface area contributed by atoms with Crippen molar-refractivity contribution in [2.75, 3.05) is 4.72 Å². The fourth-order valence-electron chi connectivity index (χ4n) is 1.36. The average Bonchev–Trinajstić information content (AvgIpc) is 2.77.